The lowest BCUT2D eigenvalue weighted by Crippen LogP contribution is -2.17. The second-order valence-corrected chi connectivity index (χ2v) is 6.07. The second kappa shape index (κ2) is 4.88. The lowest BCUT2D eigenvalue weighted by Gasteiger charge is -2.26. The molecule has 0 bridgehead atoms. The predicted octanol–water partition coefficient (Wildman–Crippen LogP) is 4.53. The number of nitrogens with zero attached hydrogens (tertiary/aromatic N) is 1. The average molecular weight is 260 g/mol. The third-order valence-electron chi connectivity index (χ3n) is 4.26. The first-order valence-corrected chi connectivity index (χ1v) is 7.32. The third kappa shape index (κ3) is 2.24. The summed E-state index contributed by atoms with van der Waals surface area (Å²) in [6.07, 6.45) is 5.45. The molecule has 2 aromatic rings. The van der Waals surface area contributed by atoms with E-state index in [4.69, 9.17) is 12.2 Å². The van der Waals surface area contributed by atoms with Gasteiger partial charge in [-0.05, 0) is 49.0 Å². The molecule has 0 spiro atoms. The first kappa shape index (κ1) is 12.0. The van der Waals surface area contributed by atoms with Crippen molar-refractivity contribution in [2.75, 3.05) is 0 Å². The molecule has 0 radical (unpaired) electrons. The van der Waals surface area contributed by atoms with Crippen LogP contribution in [-0.2, 0) is 6.54 Å². The minimum absolute atomic E-state index is 0.798. The van der Waals surface area contributed by atoms with Crippen molar-refractivity contribution in [2.45, 2.75) is 39.2 Å². The molecule has 0 unspecified atom stereocenters. The number of nitrogens with one attached hydrogen (secondary N) is 1. The number of aromatic nitrogens is 2. The maximum absolute atomic E-state index is 5.45. The number of fused-ring (bicyclic) bond motifs is 1. The molecule has 1 saturated carbocycles. The summed E-state index contributed by atoms with van der Waals surface area (Å²) in [6, 6.07) is 8.41. The molecule has 96 valence electrons. The summed E-state index contributed by atoms with van der Waals surface area (Å²) in [5, 5.41) is 0. The van der Waals surface area contributed by atoms with Gasteiger partial charge in [-0.3, -0.25) is 0 Å². The van der Waals surface area contributed by atoms with Crippen molar-refractivity contribution < 1.29 is 0 Å². The second-order valence-electron chi connectivity index (χ2n) is 5.68. The Balaban J connectivity index is 1.86. The van der Waals surface area contributed by atoms with E-state index >= 15 is 0 Å². The fraction of sp³-hybridized carbons (Fsp3) is 0.533. The van der Waals surface area contributed by atoms with Gasteiger partial charge in [0.1, 0.15) is 0 Å². The molecule has 1 aliphatic rings. The van der Waals surface area contributed by atoms with Crippen LogP contribution in [0.5, 0.6) is 0 Å². The summed E-state index contributed by atoms with van der Waals surface area (Å²) in [4.78, 5) is 3.30. The molecule has 3 heteroatoms. The standard InChI is InChI=1S/C15H20N2S/c1-11-6-8-12(9-7-11)10-17-14-5-3-2-4-13(14)16-15(17)18/h2-5,11-12H,6-10H2,1H3,(H,16,18). The number of hydrogen-bond donors (Lipinski definition) is 1. The Kier molecular flexibility index (Phi) is 3.25. The number of H-pyrrole nitrogens is 1. The number of hydrogen-bond acceptors (Lipinski definition) is 1. The highest BCUT2D eigenvalue weighted by Crippen LogP contribution is 2.30. The topological polar surface area (TPSA) is 20.7 Å². The van der Waals surface area contributed by atoms with Gasteiger partial charge >= 0.3 is 0 Å². The van der Waals surface area contributed by atoms with Crippen molar-refractivity contribution in [2.24, 2.45) is 11.8 Å². The molecule has 0 amide bonds. The van der Waals surface area contributed by atoms with E-state index in [-0.39, 0.29) is 0 Å². The number of benzene rings is 1. The van der Waals surface area contributed by atoms with Crippen LogP contribution in [0.3, 0.4) is 0 Å². The van der Waals surface area contributed by atoms with Gasteiger partial charge in [-0.15, -0.1) is 0 Å². The van der Waals surface area contributed by atoms with E-state index in [2.05, 4.69) is 40.7 Å². The number of imidazole rings is 1. The van der Waals surface area contributed by atoms with Crippen molar-refractivity contribution in [3.8, 4) is 0 Å². The molecule has 3 rings (SSSR count). The van der Waals surface area contributed by atoms with E-state index in [1.165, 1.54) is 31.2 Å². The van der Waals surface area contributed by atoms with Crippen LogP contribution in [0, 0.1) is 16.6 Å². The zero-order chi connectivity index (χ0) is 12.5. The first-order valence-electron chi connectivity index (χ1n) is 6.91. The molecule has 1 fully saturated rings. The summed E-state index contributed by atoms with van der Waals surface area (Å²) in [7, 11) is 0. The minimum atomic E-state index is 0.798. The lowest BCUT2D eigenvalue weighted by molar-refractivity contribution is 0.266. The molecule has 0 atom stereocenters. The van der Waals surface area contributed by atoms with Crippen molar-refractivity contribution >= 4 is 23.3 Å². The fourth-order valence-corrected chi connectivity index (χ4v) is 3.34. The minimum Gasteiger partial charge on any atom is -0.331 e. The van der Waals surface area contributed by atoms with Gasteiger partial charge in [0.15, 0.2) is 4.77 Å². The monoisotopic (exact) mass is 260 g/mol. The highest BCUT2D eigenvalue weighted by atomic mass is 32.1. The van der Waals surface area contributed by atoms with E-state index in [0.717, 1.165) is 28.7 Å². The van der Waals surface area contributed by atoms with Gasteiger partial charge in [-0.25, -0.2) is 0 Å². The van der Waals surface area contributed by atoms with E-state index < -0.39 is 0 Å². The van der Waals surface area contributed by atoms with E-state index in [1.54, 1.807) is 0 Å². The van der Waals surface area contributed by atoms with E-state index in [9.17, 15) is 0 Å². The Bertz CT molecular complexity index is 588. The predicted molar refractivity (Wildman–Crippen MR) is 78.2 cm³/mol. The Morgan fingerprint density at radius 3 is 2.72 bits per heavy atom. The molecule has 0 aliphatic heterocycles. The van der Waals surface area contributed by atoms with Gasteiger partial charge in [0.25, 0.3) is 0 Å². The molecular weight excluding hydrogens is 240 g/mol. The molecule has 2 nitrogen and oxygen atoms in total. The summed E-state index contributed by atoms with van der Waals surface area (Å²) in [6.45, 7) is 3.45. The Hall–Kier alpha value is -1.09. The molecule has 1 heterocycles. The molecule has 0 saturated heterocycles. The number of rotatable bonds is 2. The molecular formula is C15H20N2S. The van der Waals surface area contributed by atoms with Crippen LogP contribution in [0.2, 0.25) is 0 Å². The molecule has 1 aromatic carbocycles. The molecule has 1 aromatic heterocycles. The Morgan fingerprint density at radius 2 is 1.94 bits per heavy atom. The highest BCUT2D eigenvalue weighted by Gasteiger charge is 2.19. The molecule has 1 aliphatic carbocycles. The average Bonchev–Trinajstić information content (AvgIpc) is 2.69. The Morgan fingerprint density at radius 1 is 1.22 bits per heavy atom. The number of aromatic amines is 1. The first-order chi connectivity index (χ1) is 8.74. The quantitative estimate of drug-likeness (QED) is 0.787. The summed E-state index contributed by atoms with van der Waals surface area (Å²) in [5.74, 6) is 1.71. The smallest absolute Gasteiger partial charge is 0.178 e. The maximum atomic E-state index is 5.45. The van der Waals surface area contributed by atoms with Crippen LogP contribution < -0.4 is 0 Å². The summed E-state index contributed by atoms with van der Waals surface area (Å²) in [5.41, 5.74) is 2.41. The van der Waals surface area contributed by atoms with Crippen molar-refractivity contribution in [1.82, 2.24) is 9.55 Å². The van der Waals surface area contributed by atoms with Crippen molar-refractivity contribution in [3.05, 3.63) is 29.0 Å². The normalized spacial score (nSPS) is 24.5. The van der Waals surface area contributed by atoms with Gasteiger partial charge in [0, 0.05) is 6.54 Å². The van der Waals surface area contributed by atoms with Crippen molar-refractivity contribution in [3.63, 3.8) is 0 Å². The van der Waals surface area contributed by atoms with Gasteiger partial charge < -0.3 is 9.55 Å². The summed E-state index contributed by atoms with van der Waals surface area (Å²) < 4.78 is 3.15. The zero-order valence-electron chi connectivity index (χ0n) is 10.9. The van der Waals surface area contributed by atoms with Gasteiger partial charge in [-0.2, -0.15) is 0 Å². The van der Waals surface area contributed by atoms with Crippen LogP contribution in [0.4, 0.5) is 0 Å². The largest absolute Gasteiger partial charge is 0.331 e. The zero-order valence-corrected chi connectivity index (χ0v) is 11.7. The van der Waals surface area contributed by atoms with Crippen LogP contribution >= 0.6 is 12.2 Å². The highest BCUT2D eigenvalue weighted by molar-refractivity contribution is 7.71. The van der Waals surface area contributed by atoms with Gasteiger partial charge in [0.2, 0.25) is 0 Å². The third-order valence-corrected chi connectivity index (χ3v) is 4.58. The maximum Gasteiger partial charge on any atom is 0.178 e. The van der Waals surface area contributed by atoms with E-state index in [1.807, 2.05) is 0 Å². The lowest BCUT2D eigenvalue weighted by atomic mass is 9.83. The van der Waals surface area contributed by atoms with Crippen LogP contribution in [0.15, 0.2) is 24.3 Å². The van der Waals surface area contributed by atoms with Gasteiger partial charge in [-0.1, -0.05) is 31.9 Å². The fourth-order valence-electron chi connectivity index (χ4n) is 3.06. The van der Waals surface area contributed by atoms with Crippen LogP contribution in [-0.4, -0.2) is 9.55 Å². The van der Waals surface area contributed by atoms with Crippen LogP contribution in [0.25, 0.3) is 11.0 Å². The number of para-hydroxylation sites is 2. The SMILES string of the molecule is CC1CCC(Cn2c(=S)[nH]c3ccccc32)CC1. The van der Waals surface area contributed by atoms with Crippen LogP contribution in [0.1, 0.15) is 32.6 Å². The van der Waals surface area contributed by atoms with E-state index in [0.29, 0.717) is 0 Å². The molecule has 1 N–H and O–H groups in total. The van der Waals surface area contributed by atoms with Crippen molar-refractivity contribution in [1.29, 1.82) is 0 Å². The Labute approximate surface area is 113 Å². The summed E-state index contributed by atoms with van der Waals surface area (Å²) >= 11 is 5.45. The molecule has 18 heavy (non-hydrogen) atoms. The van der Waals surface area contributed by atoms with Gasteiger partial charge in [0.05, 0.1) is 11.0 Å².